The molecule has 0 spiro atoms. The lowest BCUT2D eigenvalue weighted by atomic mass is 10.2. The van der Waals surface area contributed by atoms with Gasteiger partial charge in [-0.1, -0.05) is 31.9 Å². The molecule has 2 heterocycles. The van der Waals surface area contributed by atoms with Gasteiger partial charge in [-0.2, -0.15) is 20.2 Å². The Morgan fingerprint density at radius 1 is 0.578 bits per heavy atom. The largest absolute Gasteiger partial charge is 0.457 e. The molecule has 4 aromatic rings. The molecule has 224 valence electrons. The molecule has 0 aromatic heterocycles. The second kappa shape index (κ2) is 12.9. The van der Waals surface area contributed by atoms with Gasteiger partial charge < -0.3 is 15.4 Å². The van der Waals surface area contributed by atoms with Gasteiger partial charge in [-0.25, -0.2) is 0 Å². The number of anilines is 4. The average molecular weight is 726 g/mol. The van der Waals surface area contributed by atoms with Gasteiger partial charge in [0.05, 0.1) is 33.9 Å². The highest BCUT2D eigenvalue weighted by atomic mass is 79.9. The predicted molar refractivity (Wildman–Crippen MR) is 186 cm³/mol. The lowest BCUT2D eigenvalue weighted by Gasteiger charge is -2.12. The summed E-state index contributed by atoms with van der Waals surface area (Å²) in [7, 11) is 0. The van der Waals surface area contributed by atoms with Gasteiger partial charge in [0.15, 0.2) is 0 Å². The van der Waals surface area contributed by atoms with E-state index < -0.39 is 0 Å². The van der Waals surface area contributed by atoms with Crippen LogP contribution in [-0.4, -0.2) is 23.2 Å². The van der Waals surface area contributed by atoms with E-state index in [1.807, 2.05) is 97.1 Å². The highest BCUT2D eigenvalue weighted by molar-refractivity contribution is 9.10. The van der Waals surface area contributed by atoms with Crippen molar-refractivity contribution < 1.29 is 14.3 Å². The monoisotopic (exact) mass is 724 g/mol. The lowest BCUT2D eigenvalue weighted by molar-refractivity contribution is -0.115. The van der Waals surface area contributed by atoms with Gasteiger partial charge in [0, 0.05) is 32.7 Å². The smallest absolute Gasteiger partial charge is 0.282 e. The number of hydrogen-bond acceptors (Lipinski definition) is 7. The first-order chi connectivity index (χ1) is 21.7. The van der Waals surface area contributed by atoms with Crippen molar-refractivity contribution in [2.45, 2.75) is 13.8 Å². The number of hydrogen-bond donors (Lipinski definition) is 2. The molecule has 2 aliphatic rings. The number of hydrazone groups is 2. The van der Waals surface area contributed by atoms with Gasteiger partial charge in [0.1, 0.15) is 11.5 Å². The minimum Gasteiger partial charge on any atom is -0.457 e. The number of carbonyl (C=O) groups excluding carboxylic acids is 2. The third kappa shape index (κ3) is 6.74. The summed E-state index contributed by atoms with van der Waals surface area (Å²) in [6.45, 7) is 3.61. The Balaban J connectivity index is 1.04. The van der Waals surface area contributed by atoms with Gasteiger partial charge in [-0.05, 0) is 111 Å². The van der Waals surface area contributed by atoms with Crippen LogP contribution < -0.4 is 25.4 Å². The van der Waals surface area contributed by atoms with E-state index in [-0.39, 0.29) is 11.8 Å². The van der Waals surface area contributed by atoms with E-state index in [4.69, 9.17) is 4.74 Å². The number of ether oxygens (including phenoxy) is 1. The maximum atomic E-state index is 13.0. The molecule has 6 rings (SSSR count). The second-order valence-corrected chi connectivity index (χ2v) is 11.9. The summed E-state index contributed by atoms with van der Waals surface area (Å²) in [4.78, 5) is 25.9. The van der Waals surface area contributed by atoms with E-state index in [2.05, 4.69) is 52.7 Å². The Kier molecular flexibility index (Phi) is 8.63. The Morgan fingerprint density at radius 2 is 0.933 bits per heavy atom. The van der Waals surface area contributed by atoms with Crippen LogP contribution in [0.3, 0.4) is 0 Å². The van der Waals surface area contributed by atoms with Crippen LogP contribution in [0.2, 0.25) is 0 Å². The van der Waals surface area contributed by atoms with Crippen molar-refractivity contribution in [3.8, 4) is 11.5 Å². The lowest BCUT2D eigenvalue weighted by Crippen LogP contribution is -2.21. The first-order valence-corrected chi connectivity index (χ1v) is 15.5. The number of nitrogens with one attached hydrogen (secondary N) is 2. The Bertz CT molecular complexity index is 1740. The highest BCUT2D eigenvalue weighted by Crippen LogP contribution is 2.28. The van der Waals surface area contributed by atoms with Crippen molar-refractivity contribution in [2.24, 2.45) is 10.2 Å². The summed E-state index contributed by atoms with van der Waals surface area (Å²) in [6, 6.07) is 29.7. The zero-order valence-electron chi connectivity index (χ0n) is 24.2. The topological polar surface area (TPSA) is 98.6 Å². The molecule has 0 atom stereocenters. The first-order valence-electron chi connectivity index (χ1n) is 13.9. The predicted octanol–water partition coefficient (Wildman–Crippen LogP) is 8.44. The Morgan fingerprint density at radius 3 is 1.29 bits per heavy atom. The fourth-order valence-corrected chi connectivity index (χ4v) is 5.10. The molecule has 2 N–H and O–H groups in total. The molecule has 0 unspecified atom stereocenters. The van der Waals surface area contributed by atoms with E-state index in [0.717, 1.165) is 20.3 Å². The summed E-state index contributed by atoms with van der Waals surface area (Å²) < 4.78 is 7.86. The molecule has 11 heteroatoms. The maximum Gasteiger partial charge on any atom is 0.282 e. The number of amides is 2. The van der Waals surface area contributed by atoms with Crippen LogP contribution >= 0.6 is 31.9 Å². The van der Waals surface area contributed by atoms with Crippen molar-refractivity contribution >= 4 is 77.8 Å². The van der Waals surface area contributed by atoms with Crippen molar-refractivity contribution in [1.82, 2.24) is 0 Å². The first kappa shape index (κ1) is 30.0. The summed E-state index contributed by atoms with van der Waals surface area (Å²) in [6.07, 6.45) is 3.34. The van der Waals surface area contributed by atoms with Crippen LogP contribution in [0.25, 0.3) is 0 Å². The average Bonchev–Trinajstić information content (AvgIpc) is 3.49. The fourth-order valence-electron chi connectivity index (χ4n) is 4.57. The van der Waals surface area contributed by atoms with Gasteiger partial charge in [-0.3, -0.25) is 9.59 Å². The zero-order valence-corrected chi connectivity index (χ0v) is 27.3. The highest BCUT2D eigenvalue weighted by Gasteiger charge is 2.29. The van der Waals surface area contributed by atoms with E-state index >= 15 is 0 Å². The van der Waals surface area contributed by atoms with E-state index in [1.54, 1.807) is 26.2 Å². The van der Waals surface area contributed by atoms with Crippen LogP contribution in [0.5, 0.6) is 11.5 Å². The number of halogens is 2. The van der Waals surface area contributed by atoms with Crippen LogP contribution in [0.4, 0.5) is 22.7 Å². The molecule has 2 aliphatic heterocycles. The van der Waals surface area contributed by atoms with Crippen LogP contribution in [0.1, 0.15) is 13.8 Å². The van der Waals surface area contributed by atoms with Crippen molar-refractivity contribution in [3.63, 3.8) is 0 Å². The third-order valence-corrected chi connectivity index (χ3v) is 8.04. The number of carbonyl (C=O) groups is 2. The standard InChI is InChI=1S/C34H26Br2N6O3/c1-21-31(33(43)41(39-21)27-11-3-23(35)4-12-27)19-37-25-7-15-29(16-8-25)45-30-17-9-26(10-18-30)38-20-32-22(2)40-42(34(32)44)28-13-5-24(36)6-14-28/h3-20,37-38H,1-2H3/b31-19+,32-20+. The van der Waals surface area contributed by atoms with Gasteiger partial charge >= 0.3 is 0 Å². The second-order valence-electron chi connectivity index (χ2n) is 10.1. The molecule has 0 radical (unpaired) electrons. The third-order valence-electron chi connectivity index (χ3n) is 6.98. The Labute approximate surface area is 276 Å². The molecule has 0 bridgehead atoms. The molecule has 0 fully saturated rings. The molecule has 0 aliphatic carbocycles. The SMILES string of the molecule is CC1=NN(c2ccc(Br)cc2)C(=O)/C1=C/Nc1ccc(Oc2ccc(N/C=C3/C(=O)N(c4ccc(Br)cc4)N=C3C)cc2)cc1. The summed E-state index contributed by atoms with van der Waals surface area (Å²) in [5.41, 5.74) is 5.23. The minimum absolute atomic E-state index is 0.197. The maximum absolute atomic E-state index is 13.0. The molecule has 0 saturated heterocycles. The van der Waals surface area contributed by atoms with Gasteiger partial charge in [0.25, 0.3) is 11.8 Å². The minimum atomic E-state index is -0.197. The van der Waals surface area contributed by atoms with Gasteiger partial charge in [-0.15, -0.1) is 0 Å². The summed E-state index contributed by atoms with van der Waals surface area (Å²) in [5, 5.41) is 18.0. The van der Waals surface area contributed by atoms with Crippen LogP contribution in [0, 0.1) is 0 Å². The number of rotatable bonds is 8. The van der Waals surface area contributed by atoms with Crippen LogP contribution in [0.15, 0.2) is 140 Å². The van der Waals surface area contributed by atoms with Crippen molar-refractivity contribution in [2.75, 3.05) is 20.7 Å². The zero-order chi connectivity index (χ0) is 31.5. The quantitative estimate of drug-likeness (QED) is 0.178. The number of nitrogens with zero attached hydrogens (tertiary/aromatic N) is 4. The van der Waals surface area contributed by atoms with E-state index in [0.29, 0.717) is 45.4 Å². The molecule has 0 saturated carbocycles. The molecule has 9 nitrogen and oxygen atoms in total. The number of benzene rings is 4. The molecule has 2 amide bonds. The van der Waals surface area contributed by atoms with Crippen molar-refractivity contribution in [3.05, 3.63) is 130 Å². The van der Waals surface area contributed by atoms with E-state index in [9.17, 15) is 9.59 Å². The molecule has 4 aromatic carbocycles. The summed E-state index contributed by atoms with van der Waals surface area (Å²) in [5.74, 6) is 0.918. The molecular weight excluding hydrogens is 700 g/mol. The fraction of sp³-hybridized carbons (Fsp3) is 0.0588. The van der Waals surface area contributed by atoms with Gasteiger partial charge in [0.2, 0.25) is 0 Å². The molecular formula is C34H26Br2N6O3. The Hall–Kier alpha value is -5.00. The molecule has 45 heavy (non-hydrogen) atoms. The summed E-state index contributed by atoms with van der Waals surface area (Å²) >= 11 is 6.82. The van der Waals surface area contributed by atoms with Crippen molar-refractivity contribution in [1.29, 1.82) is 0 Å². The normalized spacial score (nSPS) is 16.4. The van der Waals surface area contributed by atoms with Crippen LogP contribution in [-0.2, 0) is 9.59 Å². The van der Waals surface area contributed by atoms with E-state index in [1.165, 1.54) is 10.0 Å².